The van der Waals surface area contributed by atoms with Crippen LogP contribution in [-0.4, -0.2) is 19.8 Å². The molecule has 0 bridgehead atoms. The van der Waals surface area contributed by atoms with Crippen LogP contribution in [0.2, 0.25) is 0 Å². The summed E-state index contributed by atoms with van der Waals surface area (Å²) in [6.45, 7) is 11.0. The molecule has 20 heavy (non-hydrogen) atoms. The van der Waals surface area contributed by atoms with Crippen LogP contribution in [0.5, 0.6) is 11.5 Å². The quantitative estimate of drug-likeness (QED) is 0.859. The summed E-state index contributed by atoms with van der Waals surface area (Å²) in [6.07, 6.45) is 2.24. The molecule has 3 heteroatoms. The van der Waals surface area contributed by atoms with Crippen LogP contribution < -0.4 is 14.8 Å². The van der Waals surface area contributed by atoms with Crippen LogP contribution in [-0.2, 0) is 6.42 Å². The lowest BCUT2D eigenvalue weighted by atomic mass is 9.85. The molecule has 2 rings (SSSR count). The summed E-state index contributed by atoms with van der Waals surface area (Å²) < 4.78 is 11.5. The molecule has 1 aliphatic rings. The molecule has 0 spiro atoms. The Bertz CT molecular complexity index is 445. The third-order valence-electron chi connectivity index (χ3n) is 4.11. The molecule has 0 saturated heterocycles. The van der Waals surface area contributed by atoms with Crippen LogP contribution in [0.1, 0.15) is 51.3 Å². The number of nitrogens with one attached hydrogen (secondary N) is 1. The van der Waals surface area contributed by atoms with Gasteiger partial charge in [-0.3, -0.25) is 0 Å². The molecule has 1 aromatic carbocycles. The zero-order chi connectivity index (χ0) is 14.5. The van der Waals surface area contributed by atoms with Crippen LogP contribution >= 0.6 is 0 Å². The summed E-state index contributed by atoms with van der Waals surface area (Å²) in [4.78, 5) is 0. The standard InChI is InChI=1S/C17H27NO2/c1-5-12(4)17-14-11-16(20-7-3)15(19-6-2)10-13(14)8-9-18-17/h10-12,17-18H,5-9H2,1-4H3/t12-,17+/m0/s1. The number of benzene rings is 1. The maximum Gasteiger partial charge on any atom is 0.161 e. The van der Waals surface area contributed by atoms with Crippen molar-refractivity contribution in [3.8, 4) is 11.5 Å². The molecule has 1 aliphatic heterocycles. The van der Waals surface area contributed by atoms with Crippen LogP contribution in [0, 0.1) is 5.92 Å². The first kappa shape index (κ1) is 15.2. The van der Waals surface area contributed by atoms with E-state index in [2.05, 4.69) is 31.3 Å². The first-order chi connectivity index (χ1) is 9.71. The van der Waals surface area contributed by atoms with Gasteiger partial charge in [0.1, 0.15) is 0 Å². The summed E-state index contributed by atoms with van der Waals surface area (Å²) in [6, 6.07) is 4.80. The minimum absolute atomic E-state index is 0.429. The molecule has 0 radical (unpaired) electrons. The molecule has 0 aliphatic carbocycles. The lowest BCUT2D eigenvalue weighted by molar-refractivity contribution is 0.284. The first-order valence-corrected chi connectivity index (χ1v) is 7.87. The minimum atomic E-state index is 0.429. The molecule has 0 saturated carbocycles. The second kappa shape index (κ2) is 6.98. The van der Waals surface area contributed by atoms with E-state index in [9.17, 15) is 0 Å². The van der Waals surface area contributed by atoms with Gasteiger partial charge in [0.05, 0.1) is 13.2 Å². The Labute approximate surface area is 122 Å². The van der Waals surface area contributed by atoms with Crippen LogP contribution in [0.15, 0.2) is 12.1 Å². The van der Waals surface area contributed by atoms with E-state index in [1.54, 1.807) is 0 Å². The molecule has 3 nitrogen and oxygen atoms in total. The second-order valence-electron chi connectivity index (χ2n) is 5.43. The summed E-state index contributed by atoms with van der Waals surface area (Å²) >= 11 is 0. The maximum atomic E-state index is 5.76. The maximum absolute atomic E-state index is 5.76. The highest BCUT2D eigenvalue weighted by molar-refractivity contribution is 5.49. The van der Waals surface area contributed by atoms with Crippen molar-refractivity contribution < 1.29 is 9.47 Å². The van der Waals surface area contributed by atoms with Crippen molar-refractivity contribution in [2.24, 2.45) is 5.92 Å². The smallest absolute Gasteiger partial charge is 0.161 e. The normalized spacial score (nSPS) is 19.3. The van der Waals surface area contributed by atoms with Gasteiger partial charge in [-0.05, 0) is 56.0 Å². The number of hydrogen-bond donors (Lipinski definition) is 1. The highest BCUT2D eigenvalue weighted by Gasteiger charge is 2.26. The van der Waals surface area contributed by atoms with E-state index in [0.717, 1.165) is 24.5 Å². The van der Waals surface area contributed by atoms with Gasteiger partial charge >= 0.3 is 0 Å². The van der Waals surface area contributed by atoms with E-state index in [0.29, 0.717) is 25.2 Å². The molecule has 1 N–H and O–H groups in total. The van der Waals surface area contributed by atoms with E-state index in [1.807, 2.05) is 13.8 Å². The van der Waals surface area contributed by atoms with Gasteiger partial charge in [-0.15, -0.1) is 0 Å². The summed E-state index contributed by atoms with van der Waals surface area (Å²) in [5.74, 6) is 2.39. The van der Waals surface area contributed by atoms with Gasteiger partial charge in [0.15, 0.2) is 11.5 Å². The van der Waals surface area contributed by atoms with Gasteiger partial charge in [-0.2, -0.15) is 0 Å². The van der Waals surface area contributed by atoms with Crippen LogP contribution in [0.4, 0.5) is 0 Å². The largest absolute Gasteiger partial charge is 0.490 e. The Morgan fingerprint density at radius 2 is 1.80 bits per heavy atom. The highest BCUT2D eigenvalue weighted by atomic mass is 16.5. The van der Waals surface area contributed by atoms with Crippen molar-refractivity contribution in [1.82, 2.24) is 5.32 Å². The SMILES string of the molecule is CCOc1cc2c(cc1OCC)[C@@H]([C@@H](C)CC)NCC2. The monoisotopic (exact) mass is 277 g/mol. The second-order valence-corrected chi connectivity index (χ2v) is 5.43. The van der Waals surface area contributed by atoms with Gasteiger partial charge in [-0.1, -0.05) is 20.3 Å². The molecular formula is C17H27NO2. The van der Waals surface area contributed by atoms with Gasteiger partial charge < -0.3 is 14.8 Å². The van der Waals surface area contributed by atoms with Crippen molar-refractivity contribution in [2.75, 3.05) is 19.8 Å². The zero-order valence-corrected chi connectivity index (χ0v) is 13.2. The van der Waals surface area contributed by atoms with E-state index < -0.39 is 0 Å². The Kier molecular flexibility index (Phi) is 5.30. The first-order valence-electron chi connectivity index (χ1n) is 7.87. The number of hydrogen-bond acceptors (Lipinski definition) is 3. The molecule has 1 aromatic rings. The van der Waals surface area contributed by atoms with E-state index in [1.165, 1.54) is 17.5 Å². The Hall–Kier alpha value is -1.22. The lowest BCUT2D eigenvalue weighted by Crippen LogP contribution is -2.33. The predicted molar refractivity (Wildman–Crippen MR) is 82.7 cm³/mol. The lowest BCUT2D eigenvalue weighted by Gasteiger charge is -2.32. The van der Waals surface area contributed by atoms with Crippen molar-refractivity contribution in [1.29, 1.82) is 0 Å². The fourth-order valence-corrected chi connectivity index (χ4v) is 2.88. The molecule has 0 unspecified atom stereocenters. The van der Waals surface area contributed by atoms with Gasteiger partial charge in [0, 0.05) is 6.04 Å². The van der Waals surface area contributed by atoms with E-state index >= 15 is 0 Å². The van der Waals surface area contributed by atoms with Gasteiger partial charge in [0.2, 0.25) is 0 Å². The average molecular weight is 277 g/mol. The van der Waals surface area contributed by atoms with Crippen LogP contribution in [0.3, 0.4) is 0 Å². The predicted octanol–water partition coefficient (Wildman–Crippen LogP) is 3.72. The number of rotatable bonds is 6. The molecule has 1 heterocycles. The fraction of sp³-hybridized carbons (Fsp3) is 0.647. The van der Waals surface area contributed by atoms with Gasteiger partial charge in [0.25, 0.3) is 0 Å². The third kappa shape index (κ3) is 3.09. The Morgan fingerprint density at radius 1 is 1.15 bits per heavy atom. The van der Waals surface area contributed by atoms with Gasteiger partial charge in [-0.25, -0.2) is 0 Å². The molecule has 0 amide bonds. The Balaban J connectivity index is 2.40. The van der Waals surface area contributed by atoms with Crippen molar-refractivity contribution in [3.05, 3.63) is 23.3 Å². The van der Waals surface area contributed by atoms with Crippen molar-refractivity contribution >= 4 is 0 Å². The third-order valence-corrected chi connectivity index (χ3v) is 4.11. The zero-order valence-electron chi connectivity index (χ0n) is 13.2. The molecule has 112 valence electrons. The van der Waals surface area contributed by atoms with E-state index in [4.69, 9.17) is 9.47 Å². The highest BCUT2D eigenvalue weighted by Crippen LogP contribution is 2.38. The Morgan fingerprint density at radius 3 is 2.40 bits per heavy atom. The van der Waals surface area contributed by atoms with Crippen molar-refractivity contribution in [3.63, 3.8) is 0 Å². The van der Waals surface area contributed by atoms with Crippen LogP contribution in [0.25, 0.3) is 0 Å². The molecule has 0 fully saturated rings. The number of ether oxygens (including phenoxy) is 2. The average Bonchev–Trinajstić information content (AvgIpc) is 2.47. The van der Waals surface area contributed by atoms with E-state index in [-0.39, 0.29) is 0 Å². The molecule has 2 atom stereocenters. The summed E-state index contributed by atoms with van der Waals surface area (Å²) in [5, 5.41) is 3.65. The fourth-order valence-electron chi connectivity index (χ4n) is 2.88. The molecule has 0 aromatic heterocycles. The topological polar surface area (TPSA) is 30.5 Å². The number of fused-ring (bicyclic) bond motifs is 1. The minimum Gasteiger partial charge on any atom is -0.490 e. The molecular weight excluding hydrogens is 250 g/mol. The summed E-state index contributed by atoms with van der Waals surface area (Å²) in [7, 11) is 0. The van der Waals surface area contributed by atoms with Crippen molar-refractivity contribution in [2.45, 2.75) is 46.6 Å². The summed E-state index contributed by atoms with van der Waals surface area (Å²) in [5.41, 5.74) is 2.79.